The van der Waals surface area contributed by atoms with Crippen LogP contribution in [0.3, 0.4) is 0 Å². The average Bonchev–Trinajstić information content (AvgIpc) is 2.02. The molecule has 5 heteroatoms. The van der Waals surface area contributed by atoms with Gasteiger partial charge >= 0.3 is 11.9 Å². The third-order valence-corrected chi connectivity index (χ3v) is 1.63. The molecule has 0 saturated heterocycles. The zero-order valence-corrected chi connectivity index (χ0v) is 7.98. The van der Waals surface area contributed by atoms with Crippen LogP contribution in [0, 0.1) is 5.92 Å². The number of hydrogen-bond acceptors (Lipinski definition) is 4. The second-order valence-corrected chi connectivity index (χ2v) is 3.19. The Morgan fingerprint density at radius 1 is 1.31 bits per heavy atom. The molecule has 0 aromatic carbocycles. The van der Waals surface area contributed by atoms with E-state index in [2.05, 4.69) is 4.74 Å². The minimum absolute atomic E-state index is 0.0616. The van der Waals surface area contributed by atoms with Crippen molar-refractivity contribution in [2.24, 2.45) is 11.7 Å². The summed E-state index contributed by atoms with van der Waals surface area (Å²) in [6.07, 6.45) is -1.14. The van der Waals surface area contributed by atoms with Gasteiger partial charge in [0, 0.05) is 0 Å². The first-order valence-electron chi connectivity index (χ1n) is 4.05. The Morgan fingerprint density at radius 3 is 2.08 bits per heavy atom. The largest absolute Gasteiger partial charge is 0.479 e. The fourth-order valence-electron chi connectivity index (χ4n) is 0.575. The normalized spacial score (nSPS) is 15.2. The molecule has 13 heavy (non-hydrogen) atoms. The van der Waals surface area contributed by atoms with E-state index in [-0.39, 0.29) is 5.92 Å². The summed E-state index contributed by atoms with van der Waals surface area (Å²) in [5, 5.41) is 8.43. The quantitative estimate of drug-likeness (QED) is 0.607. The van der Waals surface area contributed by atoms with Crippen molar-refractivity contribution in [3.05, 3.63) is 0 Å². The number of carbonyl (C=O) groups excluding carboxylic acids is 1. The highest BCUT2D eigenvalue weighted by Crippen LogP contribution is 2.02. The lowest BCUT2D eigenvalue weighted by Gasteiger charge is -2.16. The van der Waals surface area contributed by atoms with Crippen molar-refractivity contribution in [1.82, 2.24) is 0 Å². The van der Waals surface area contributed by atoms with Gasteiger partial charge in [0.25, 0.3) is 0 Å². The average molecular weight is 189 g/mol. The van der Waals surface area contributed by atoms with Crippen LogP contribution in [0.4, 0.5) is 0 Å². The molecule has 0 heterocycles. The van der Waals surface area contributed by atoms with E-state index >= 15 is 0 Å². The predicted octanol–water partition coefficient (Wildman–Crippen LogP) is -0.0140. The van der Waals surface area contributed by atoms with Crippen LogP contribution in [0.2, 0.25) is 0 Å². The molecule has 0 amide bonds. The summed E-state index contributed by atoms with van der Waals surface area (Å²) >= 11 is 0. The van der Waals surface area contributed by atoms with Crippen molar-refractivity contribution in [2.75, 3.05) is 0 Å². The molecule has 0 rings (SSSR count). The van der Waals surface area contributed by atoms with Gasteiger partial charge < -0.3 is 15.6 Å². The van der Waals surface area contributed by atoms with Crippen molar-refractivity contribution in [3.8, 4) is 0 Å². The molecular formula is C8H15NO4. The Labute approximate surface area is 76.9 Å². The summed E-state index contributed by atoms with van der Waals surface area (Å²) in [4.78, 5) is 21.4. The number of carboxylic acid groups (broad SMARTS) is 1. The smallest absolute Gasteiger partial charge is 0.344 e. The fraction of sp³-hybridized carbons (Fsp3) is 0.750. The number of hydrogen-bond donors (Lipinski definition) is 2. The summed E-state index contributed by atoms with van der Waals surface area (Å²) in [7, 11) is 0. The molecule has 2 atom stereocenters. The molecule has 0 aliphatic carbocycles. The van der Waals surface area contributed by atoms with Gasteiger partial charge in [0.15, 0.2) is 6.10 Å². The molecule has 3 N–H and O–H groups in total. The molecule has 0 aliphatic heterocycles. The van der Waals surface area contributed by atoms with Crippen LogP contribution in [0.25, 0.3) is 0 Å². The summed E-state index contributed by atoms with van der Waals surface area (Å²) in [6.45, 7) is 4.81. The molecule has 0 fully saturated rings. The zero-order chi connectivity index (χ0) is 10.6. The van der Waals surface area contributed by atoms with Crippen LogP contribution in [0.5, 0.6) is 0 Å². The van der Waals surface area contributed by atoms with Crippen LogP contribution >= 0.6 is 0 Å². The van der Waals surface area contributed by atoms with Crippen LogP contribution in [0.1, 0.15) is 20.8 Å². The van der Waals surface area contributed by atoms with E-state index in [4.69, 9.17) is 10.8 Å². The van der Waals surface area contributed by atoms with Crippen LogP contribution in [0.15, 0.2) is 0 Å². The molecule has 0 spiro atoms. The van der Waals surface area contributed by atoms with Gasteiger partial charge in [-0.15, -0.1) is 0 Å². The minimum Gasteiger partial charge on any atom is -0.479 e. The van der Waals surface area contributed by atoms with E-state index in [0.717, 1.165) is 0 Å². The second kappa shape index (κ2) is 4.81. The van der Waals surface area contributed by atoms with E-state index in [1.54, 1.807) is 13.8 Å². The van der Waals surface area contributed by atoms with Gasteiger partial charge in [-0.1, -0.05) is 13.8 Å². The van der Waals surface area contributed by atoms with Crippen molar-refractivity contribution >= 4 is 11.9 Å². The van der Waals surface area contributed by atoms with Gasteiger partial charge in [-0.3, -0.25) is 4.79 Å². The Balaban J connectivity index is 4.08. The Hall–Kier alpha value is -1.10. The molecule has 76 valence electrons. The van der Waals surface area contributed by atoms with E-state index in [9.17, 15) is 9.59 Å². The highest BCUT2D eigenvalue weighted by Gasteiger charge is 2.23. The number of rotatable bonds is 4. The zero-order valence-electron chi connectivity index (χ0n) is 7.98. The van der Waals surface area contributed by atoms with Gasteiger partial charge in [-0.2, -0.15) is 0 Å². The van der Waals surface area contributed by atoms with Gasteiger partial charge in [-0.25, -0.2) is 4.79 Å². The lowest BCUT2D eigenvalue weighted by Crippen LogP contribution is -2.39. The Kier molecular flexibility index (Phi) is 4.40. The standard InChI is InChI=1S/C8H15NO4/c1-4(2)6(9)8(12)13-5(3)7(10)11/h4-6H,9H2,1-3H3,(H,10,11)/t5-,6-/m0/s1. The molecule has 5 nitrogen and oxygen atoms in total. The van der Waals surface area contributed by atoms with E-state index in [0.29, 0.717) is 0 Å². The van der Waals surface area contributed by atoms with Crippen LogP contribution in [-0.4, -0.2) is 29.2 Å². The number of ether oxygens (including phenoxy) is 1. The first kappa shape index (κ1) is 11.9. The molecule has 0 aliphatic rings. The summed E-state index contributed by atoms with van der Waals surface area (Å²) < 4.78 is 4.57. The van der Waals surface area contributed by atoms with Crippen molar-refractivity contribution in [2.45, 2.75) is 32.9 Å². The SMILES string of the molecule is CC(C)[C@H](N)C(=O)O[C@@H](C)C(=O)O. The van der Waals surface area contributed by atoms with Crippen molar-refractivity contribution in [3.63, 3.8) is 0 Å². The number of esters is 1. The van der Waals surface area contributed by atoms with Crippen LogP contribution < -0.4 is 5.73 Å². The van der Waals surface area contributed by atoms with E-state index in [1.807, 2.05) is 0 Å². The molecule has 0 saturated carbocycles. The third-order valence-electron chi connectivity index (χ3n) is 1.63. The number of carboxylic acids is 1. The van der Waals surface area contributed by atoms with Gasteiger partial charge in [0.1, 0.15) is 6.04 Å². The monoisotopic (exact) mass is 189 g/mol. The summed E-state index contributed by atoms with van der Waals surface area (Å²) in [5.74, 6) is -1.91. The predicted molar refractivity (Wildman–Crippen MR) is 46.0 cm³/mol. The first-order chi connectivity index (χ1) is 5.86. The highest BCUT2D eigenvalue weighted by atomic mass is 16.6. The Morgan fingerprint density at radius 2 is 1.77 bits per heavy atom. The Bertz CT molecular complexity index is 202. The number of carbonyl (C=O) groups is 2. The second-order valence-electron chi connectivity index (χ2n) is 3.19. The van der Waals surface area contributed by atoms with Crippen molar-refractivity contribution in [1.29, 1.82) is 0 Å². The van der Waals surface area contributed by atoms with Gasteiger partial charge in [0.2, 0.25) is 0 Å². The van der Waals surface area contributed by atoms with Gasteiger partial charge in [-0.05, 0) is 12.8 Å². The third kappa shape index (κ3) is 3.89. The van der Waals surface area contributed by atoms with E-state index < -0.39 is 24.1 Å². The first-order valence-corrected chi connectivity index (χ1v) is 4.05. The van der Waals surface area contributed by atoms with E-state index in [1.165, 1.54) is 6.92 Å². The molecule has 0 bridgehead atoms. The summed E-state index contributed by atoms with van der Waals surface area (Å²) in [5.41, 5.74) is 5.44. The topological polar surface area (TPSA) is 89.6 Å². The molecule has 0 unspecified atom stereocenters. The molecule has 0 aromatic rings. The molecule has 0 aromatic heterocycles. The molecule has 0 radical (unpaired) electrons. The maximum absolute atomic E-state index is 11.1. The highest BCUT2D eigenvalue weighted by molar-refractivity contribution is 5.80. The maximum atomic E-state index is 11.1. The lowest BCUT2D eigenvalue weighted by molar-refractivity contribution is -0.164. The lowest BCUT2D eigenvalue weighted by atomic mass is 10.1. The maximum Gasteiger partial charge on any atom is 0.344 e. The molecular weight excluding hydrogens is 174 g/mol. The number of nitrogens with two attached hydrogens (primary N) is 1. The minimum atomic E-state index is -1.18. The van der Waals surface area contributed by atoms with Crippen LogP contribution in [-0.2, 0) is 14.3 Å². The van der Waals surface area contributed by atoms with Gasteiger partial charge in [0.05, 0.1) is 0 Å². The van der Waals surface area contributed by atoms with Crippen molar-refractivity contribution < 1.29 is 19.4 Å². The summed E-state index contributed by atoms with van der Waals surface area (Å²) in [6, 6.07) is -0.762. The number of aliphatic carboxylic acids is 1. The fourth-order valence-corrected chi connectivity index (χ4v) is 0.575.